The maximum absolute atomic E-state index is 6.21. The summed E-state index contributed by atoms with van der Waals surface area (Å²) in [6.45, 7) is 3.33. The van der Waals surface area contributed by atoms with Gasteiger partial charge in [0.15, 0.2) is 0 Å². The summed E-state index contributed by atoms with van der Waals surface area (Å²) in [4.78, 5) is 0. The van der Waals surface area contributed by atoms with Crippen LogP contribution in [0.2, 0.25) is 0 Å². The largest absolute Gasteiger partial charge is 0.310 e. The van der Waals surface area contributed by atoms with E-state index in [-0.39, 0.29) is 5.54 Å². The fourth-order valence-corrected chi connectivity index (χ4v) is 3.40. The molecule has 1 aliphatic rings. The highest BCUT2D eigenvalue weighted by Crippen LogP contribution is 2.33. The van der Waals surface area contributed by atoms with Gasteiger partial charge in [-0.15, -0.1) is 11.6 Å². The summed E-state index contributed by atoms with van der Waals surface area (Å²) in [7, 11) is 1.96. The van der Waals surface area contributed by atoms with Gasteiger partial charge in [0.05, 0.1) is 6.20 Å². The van der Waals surface area contributed by atoms with Gasteiger partial charge in [0.2, 0.25) is 0 Å². The second-order valence-corrected chi connectivity index (χ2v) is 6.08. The van der Waals surface area contributed by atoms with E-state index in [1.54, 1.807) is 0 Å². The van der Waals surface area contributed by atoms with Gasteiger partial charge in [-0.1, -0.05) is 19.8 Å². The van der Waals surface area contributed by atoms with E-state index in [1.165, 1.54) is 31.2 Å². The molecule has 2 rings (SSSR count). The van der Waals surface area contributed by atoms with Crippen LogP contribution in [0.1, 0.15) is 38.2 Å². The molecule has 0 saturated heterocycles. The second-order valence-electron chi connectivity index (χ2n) is 5.81. The van der Waals surface area contributed by atoms with E-state index in [2.05, 4.69) is 23.5 Å². The molecule has 0 amide bonds. The number of aromatic nitrogens is 2. The summed E-state index contributed by atoms with van der Waals surface area (Å²) in [5, 5.41) is 7.90. The van der Waals surface area contributed by atoms with E-state index in [4.69, 9.17) is 11.6 Å². The molecule has 4 heteroatoms. The van der Waals surface area contributed by atoms with Crippen LogP contribution < -0.4 is 5.32 Å². The average molecular weight is 270 g/mol. The Bertz CT molecular complexity index is 377. The predicted molar refractivity (Wildman–Crippen MR) is 76.0 cm³/mol. The van der Waals surface area contributed by atoms with Gasteiger partial charge in [0.1, 0.15) is 0 Å². The summed E-state index contributed by atoms with van der Waals surface area (Å²) >= 11 is 6.21. The van der Waals surface area contributed by atoms with Gasteiger partial charge >= 0.3 is 0 Å². The molecule has 0 bridgehead atoms. The van der Waals surface area contributed by atoms with E-state index < -0.39 is 0 Å². The molecule has 0 aromatic carbocycles. The van der Waals surface area contributed by atoms with Gasteiger partial charge in [-0.2, -0.15) is 5.10 Å². The molecule has 2 unspecified atom stereocenters. The maximum atomic E-state index is 6.21. The third-order valence-corrected chi connectivity index (χ3v) is 4.53. The van der Waals surface area contributed by atoms with Gasteiger partial charge in [-0.05, 0) is 37.3 Å². The van der Waals surface area contributed by atoms with E-state index >= 15 is 0 Å². The minimum atomic E-state index is 0.168. The summed E-state index contributed by atoms with van der Waals surface area (Å²) in [6.07, 6.45) is 10.1. The van der Waals surface area contributed by atoms with Crippen molar-refractivity contribution < 1.29 is 0 Å². The first-order chi connectivity index (χ1) is 8.63. The molecule has 2 atom stereocenters. The number of rotatable bonds is 5. The Hall–Kier alpha value is -0.540. The van der Waals surface area contributed by atoms with Crippen molar-refractivity contribution in [2.45, 2.75) is 44.6 Å². The fourth-order valence-electron chi connectivity index (χ4n) is 3.06. The standard InChI is InChI=1S/C14H24ClN3/c1-12-4-3-6-14(8-12,11-15)16-7-5-13-9-17-18(2)10-13/h9-10,12,16H,3-8,11H2,1-2H3. The molecule has 1 saturated carbocycles. The van der Waals surface area contributed by atoms with Crippen LogP contribution in [0.4, 0.5) is 0 Å². The number of halogens is 1. The Labute approximate surface area is 115 Å². The van der Waals surface area contributed by atoms with Gasteiger partial charge in [-0.25, -0.2) is 0 Å². The molecule has 1 fully saturated rings. The van der Waals surface area contributed by atoms with Crippen molar-refractivity contribution in [3.8, 4) is 0 Å². The third-order valence-electron chi connectivity index (χ3n) is 4.02. The Morgan fingerprint density at radius 3 is 3.06 bits per heavy atom. The molecular formula is C14H24ClN3. The predicted octanol–water partition coefficient (Wildman–Crippen LogP) is 2.74. The zero-order valence-corrected chi connectivity index (χ0v) is 12.2. The van der Waals surface area contributed by atoms with E-state index in [1.807, 2.05) is 17.9 Å². The van der Waals surface area contributed by atoms with Gasteiger partial charge in [-0.3, -0.25) is 4.68 Å². The van der Waals surface area contributed by atoms with E-state index in [0.717, 1.165) is 24.8 Å². The molecule has 1 aromatic rings. The topological polar surface area (TPSA) is 29.9 Å². The highest BCUT2D eigenvalue weighted by Gasteiger charge is 2.33. The third kappa shape index (κ3) is 3.48. The lowest BCUT2D eigenvalue weighted by molar-refractivity contribution is 0.210. The van der Waals surface area contributed by atoms with Crippen LogP contribution in [0, 0.1) is 5.92 Å². The maximum Gasteiger partial charge on any atom is 0.0522 e. The molecule has 1 heterocycles. The Balaban J connectivity index is 1.83. The SMILES string of the molecule is CC1CCCC(CCl)(NCCc2cnn(C)c2)C1. The summed E-state index contributed by atoms with van der Waals surface area (Å²) in [6, 6.07) is 0. The molecule has 3 nitrogen and oxygen atoms in total. The molecule has 1 aliphatic carbocycles. The van der Waals surface area contributed by atoms with Gasteiger partial charge < -0.3 is 5.32 Å². The highest BCUT2D eigenvalue weighted by molar-refractivity contribution is 6.18. The summed E-state index contributed by atoms with van der Waals surface area (Å²) in [5.74, 6) is 1.52. The molecule has 1 aromatic heterocycles. The van der Waals surface area contributed by atoms with Crippen LogP contribution in [0.3, 0.4) is 0 Å². The van der Waals surface area contributed by atoms with E-state index in [0.29, 0.717) is 0 Å². The van der Waals surface area contributed by atoms with Crippen molar-refractivity contribution >= 4 is 11.6 Å². The van der Waals surface area contributed by atoms with Crippen molar-refractivity contribution in [1.82, 2.24) is 15.1 Å². The molecule has 0 aliphatic heterocycles. The molecule has 0 radical (unpaired) electrons. The van der Waals surface area contributed by atoms with Gasteiger partial charge in [0, 0.05) is 24.7 Å². The number of aryl methyl sites for hydroxylation is 1. The number of nitrogens with zero attached hydrogens (tertiary/aromatic N) is 2. The van der Waals surface area contributed by atoms with Crippen LogP contribution in [0.5, 0.6) is 0 Å². The van der Waals surface area contributed by atoms with Crippen molar-refractivity contribution in [3.63, 3.8) is 0 Å². The molecule has 18 heavy (non-hydrogen) atoms. The monoisotopic (exact) mass is 269 g/mol. The lowest BCUT2D eigenvalue weighted by Gasteiger charge is -2.39. The van der Waals surface area contributed by atoms with Crippen molar-refractivity contribution in [1.29, 1.82) is 0 Å². The minimum Gasteiger partial charge on any atom is -0.310 e. The molecule has 102 valence electrons. The van der Waals surface area contributed by atoms with Gasteiger partial charge in [0.25, 0.3) is 0 Å². The normalized spacial score (nSPS) is 28.5. The molecule has 1 N–H and O–H groups in total. The number of nitrogens with one attached hydrogen (secondary N) is 1. The number of alkyl halides is 1. The Morgan fingerprint density at radius 1 is 1.61 bits per heavy atom. The quantitative estimate of drug-likeness (QED) is 0.833. The summed E-state index contributed by atoms with van der Waals surface area (Å²) in [5.41, 5.74) is 1.46. The first-order valence-electron chi connectivity index (χ1n) is 6.92. The average Bonchev–Trinajstić information content (AvgIpc) is 2.75. The lowest BCUT2D eigenvalue weighted by Crippen LogP contribution is -2.50. The molecular weight excluding hydrogens is 246 g/mol. The van der Waals surface area contributed by atoms with Crippen LogP contribution in [-0.4, -0.2) is 27.7 Å². The van der Waals surface area contributed by atoms with Crippen molar-refractivity contribution in [2.75, 3.05) is 12.4 Å². The van der Waals surface area contributed by atoms with Crippen molar-refractivity contribution in [2.24, 2.45) is 13.0 Å². The fraction of sp³-hybridized carbons (Fsp3) is 0.786. The first kappa shape index (κ1) is 13.9. The minimum absolute atomic E-state index is 0.168. The zero-order chi connectivity index (χ0) is 13.0. The first-order valence-corrected chi connectivity index (χ1v) is 7.45. The smallest absolute Gasteiger partial charge is 0.0522 e. The Morgan fingerprint density at radius 2 is 2.44 bits per heavy atom. The molecule has 0 spiro atoms. The lowest BCUT2D eigenvalue weighted by atomic mass is 9.77. The van der Waals surface area contributed by atoms with Crippen LogP contribution in [0.25, 0.3) is 0 Å². The van der Waals surface area contributed by atoms with Crippen molar-refractivity contribution in [3.05, 3.63) is 18.0 Å². The number of hydrogen-bond donors (Lipinski definition) is 1. The van der Waals surface area contributed by atoms with E-state index in [9.17, 15) is 0 Å². The van der Waals surface area contributed by atoms with Crippen LogP contribution >= 0.6 is 11.6 Å². The zero-order valence-electron chi connectivity index (χ0n) is 11.5. The highest BCUT2D eigenvalue weighted by atomic mass is 35.5. The van der Waals surface area contributed by atoms with Crippen LogP contribution in [-0.2, 0) is 13.5 Å². The second kappa shape index (κ2) is 6.07. The number of hydrogen-bond acceptors (Lipinski definition) is 2. The summed E-state index contributed by atoms with van der Waals surface area (Å²) < 4.78 is 1.86. The Kier molecular flexibility index (Phi) is 4.68. The van der Waals surface area contributed by atoms with Crippen LogP contribution in [0.15, 0.2) is 12.4 Å².